The summed E-state index contributed by atoms with van der Waals surface area (Å²) in [5.41, 5.74) is 0.821. The maximum Gasteiger partial charge on any atom is 0.232 e. The molecule has 1 aromatic rings. The molecule has 116 valence electrons. The second-order valence-electron chi connectivity index (χ2n) is 5.57. The fraction of sp³-hybridized carbons (Fsp3) is 0.562. The van der Waals surface area contributed by atoms with Crippen molar-refractivity contribution >= 4 is 17.7 Å². The third-order valence-electron chi connectivity index (χ3n) is 3.96. The highest BCUT2D eigenvalue weighted by Crippen LogP contribution is 2.22. The summed E-state index contributed by atoms with van der Waals surface area (Å²) in [6.45, 7) is 1.64. The third-order valence-corrected chi connectivity index (χ3v) is 4.50. The Hall–Kier alpha value is -1.10. The number of hydrogen-bond acceptors (Lipinski definition) is 2. The first-order valence-corrected chi connectivity index (χ1v) is 8.70. The Morgan fingerprint density at radius 3 is 2.90 bits per heavy atom. The van der Waals surface area contributed by atoms with Gasteiger partial charge in [0.1, 0.15) is 0 Å². The van der Waals surface area contributed by atoms with Crippen LogP contribution in [0.1, 0.15) is 24.8 Å². The van der Waals surface area contributed by atoms with Crippen LogP contribution in [0.4, 0.5) is 8.78 Å². The number of amides is 1. The van der Waals surface area contributed by atoms with Gasteiger partial charge in [-0.15, -0.1) is 0 Å². The molecule has 1 aliphatic rings. The summed E-state index contributed by atoms with van der Waals surface area (Å²) < 4.78 is 26.1. The molecule has 1 aromatic carbocycles. The predicted molar refractivity (Wildman–Crippen MR) is 82.4 cm³/mol. The van der Waals surface area contributed by atoms with Crippen LogP contribution in [0.25, 0.3) is 0 Å². The van der Waals surface area contributed by atoms with Gasteiger partial charge in [-0.1, -0.05) is 6.07 Å². The summed E-state index contributed by atoms with van der Waals surface area (Å²) in [7, 11) is 0. The maximum absolute atomic E-state index is 13.2. The zero-order valence-corrected chi connectivity index (χ0v) is 13.1. The van der Waals surface area contributed by atoms with Crippen LogP contribution in [0.15, 0.2) is 18.2 Å². The zero-order valence-electron chi connectivity index (χ0n) is 12.3. The number of halogens is 2. The first-order valence-electron chi connectivity index (χ1n) is 7.30. The summed E-state index contributed by atoms with van der Waals surface area (Å²) >= 11 is 1.55. The Morgan fingerprint density at radius 2 is 2.19 bits per heavy atom. The highest BCUT2D eigenvalue weighted by molar-refractivity contribution is 7.99. The number of nitrogens with zero attached hydrogens (tertiary/aromatic N) is 1. The SMILES string of the molecule is CSCC(=O)N1CCC[C@H](CCc2ccc(F)c(F)c2)C1. The van der Waals surface area contributed by atoms with Gasteiger partial charge < -0.3 is 4.90 Å². The van der Waals surface area contributed by atoms with Crippen molar-refractivity contribution < 1.29 is 13.6 Å². The molecule has 0 aromatic heterocycles. The highest BCUT2D eigenvalue weighted by Gasteiger charge is 2.23. The van der Waals surface area contributed by atoms with Gasteiger partial charge in [-0.3, -0.25) is 4.79 Å². The molecule has 2 rings (SSSR count). The Bertz CT molecular complexity index is 495. The van der Waals surface area contributed by atoms with Crippen molar-refractivity contribution in [1.29, 1.82) is 0 Å². The van der Waals surface area contributed by atoms with Gasteiger partial charge in [0.15, 0.2) is 11.6 Å². The van der Waals surface area contributed by atoms with Gasteiger partial charge in [0.2, 0.25) is 5.91 Å². The van der Waals surface area contributed by atoms with Crippen LogP contribution in [0.2, 0.25) is 0 Å². The van der Waals surface area contributed by atoms with E-state index >= 15 is 0 Å². The minimum Gasteiger partial charge on any atom is -0.342 e. The highest BCUT2D eigenvalue weighted by atomic mass is 32.2. The van der Waals surface area contributed by atoms with E-state index in [0.717, 1.165) is 44.3 Å². The lowest BCUT2D eigenvalue weighted by molar-refractivity contribution is -0.130. The van der Waals surface area contributed by atoms with E-state index in [4.69, 9.17) is 0 Å². The van der Waals surface area contributed by atoms with Crippen molar-refractivity contribution in [3.63, 3.8) is 0 Å². The van der Waals surface area contributed by atoms with Crippen LogP contribution < -0.4 is 0 Å². The topological polar surface area (TPSA) is 20.3 Å². The Kier molecular flexibility index (Phi) is 6.03. The lowest BCUT2D eigenvalue weighted by Crippen LogP contribution is -2.40. The maximum atomic E-state index is 13.2. The van der Waals surface area contributed by atoms with Gasteiger partial charge in [-0.2, -0.15) is 11.8 Å². The summed E-state index contributed by atoms with van der Waals surface area (Å²) in [6.07, 6.45) is 5.71. The van der Waals surface area contributed by atoms with Crippen LogP contribution in [0, 0.1) is 17.6 Å². The predicted octanol–water partition coefficient (Wildman–Crippen LogP) is 3.50. The van der Waals surface area contributed by atoms with Crippen molar-refractivity contribution in [2.45, 2.75) is 25.7 Å². The molecule has 0 unspecified atom stereocenters. The second kappa shape index (κ2) is 7.78. The number of carbonyl (C=O) groups is 1. The molecule has 0 radical (unpaired) electrons. The number of hydrogen-bond donors (Lipinski definition) is 0. The van der Waals surface area contributed by atoms with Crippen LogP contribution >= 0.6 is 11.8 Å². The average molecular weight is 313 g/mol. The molecular formula is C16H21F2NOS. The summed E-state index contributed by atoms with van der Waals surface area (Å²) in [5, 5.41) is 0. The van der Waals surface area contributed by atoms with Gasteiger partial charge in [-0.25, -0.2) is 8.78 Å². The van der Waals surface area contributed by atoms with Crippen molar-refractivity contribution in [2.24, 2.45) is 5.92 Å². The fourth-order valence-corrected chi connectivity index (χ4v) is 3.24. The quantitative estimate of drug-likeness (QED) is 0.829. The summed E-state index contributed by atoms with van der Waals surface area (Å²) in [4.78, 5) is 13.9. The van der Waals surface area contributed by atoms with Crippen LogP contribution in [-0.2, 0) is 11.2 Å². The van der Waals surface area contributed by atoms with E-state index in [0.29, 0.717) is 11.7 Å². The third kappa shape index (κ3) is 4.70. The van der Waals surface area contributed by atoms with E-state index in [1.54, 1.807) is 17.8 Å². The van der Waals surface area contributed by atoms with E-state index in [2.05, 4.69) is 0 Å². The number of aryl methyl sites for hydroxylation is 1. The normalized spacial score (nSPS) is 18.8. The molecular weight excluding hydrogens is 292 g/mol. The van der Waals surface area contributed by atoms with Crippen molar-refractivity contribution in [3.05, 3.63) is 35.4 Å². The molecule has 1 amide bonds. The lowest BCUT2D eigenvalue weighted by Gasteiger charge is -2.32. The summed E-state index contributed by atoms with van der Waals surface area (Å²) in [5.74, 6) is -0.383. The van der Waals surface area contributed by atoms with E-state index in [1.165, 1.54) is 12.1 Å². The molecule has 1 atom stereocenters. The average Bonchev–Trinajstić information content (AvgIpc) is 2.49. The molecule has 1 aliphatic heterocycles. The van der Waals surface area contributed by atoms with Crippen molar-refractivity contribution in [2.75, 3.05) is 25.1 Å². The molecule has 1 heterocycles. The van der Waals surface area contributed by atoms with Crippen LogP contribution in [0.5, 0.6) is 0 Å². The zero-order chi connectivity index (χ0) is 15.2. The van der Waals surface area contributed by atoms with Crippen molar-refractivity contribution in [3.8, 4) is 0 Å². The standard InChI is InChI=1S/C16H21F2NOS/c1-21-11-16(20)19-8-2-3-13(10-19)5-4-12-6-7-14(17)15(18)9-12/h6-7,9,13H,2-5,8,10-11H2,1H3/t13-/m1/s1. The smallest absolute Gasteiger partial charge is 0.232 e. The molecule has 0 N–H and O–H groups in total. The number of benzene rings is 1. The lowest BCUT2D eigenvalue weighted by atomic mass is 9.91. The molecule has 0 spiro atoms. The monoisotopic (exact) mass is 313 g/mol. The molecule has 5 heteroatoms. The van der Waals surface area contributed by atoms with Gasteiger partial charge in [0, 0.05) is 13.1 Å². The molecule has 0 bridgehead atoms. The Morgan fingerprint density at radius 1 is 1.38 bits per heavy atom. The van der Waals surface area contributed by atoms with Gasteiger partial charge in [0.05, 0.1) is 5.75 Å². The van der Waals surface area contributed by atoms with E-state index < -0.39 is 11.6 Å². The molecule has 1 fully saturated rings. The minimum atomic E-state index is -0.801. The molecule has 21 heavy (non-hydrogen) atoms. The molecule has 0 saturated carbocycles. The summed E-state index contributed by atoms with van der Waals surface area (Å²) in [6, 6.07) is 4.09. The molecule has 0 aliphatic carbocycles. The molecule has 2 nitrogen and oxygen atoms in total. The van der Waals surface area contributed by atoms with Crippen LogP contribution in [0.3, 0.4) is 0 Å². The van der Waals surface area contributed by atoms with Gasteiger partial charge in [0.25, 0.3) is 0 Å². The molecule has 1 saturated heterocycles. The number of likely N-dealkylation sites (tertiary alicyclic amines) is 1. The van der Waals surface area contributed by atoms with Crippen molar-refractivity contribution in [1.82, 2.24) is 4.90 Å². The number of piperidine rings is 1. The first kappa shape index (κ1) is 16.3. The number of rotatable bonds is 5. The first-order chi connectivity index (χ1) is 10.1. The van der Waals surface area contributed by atoms with Crippen LogP contribution in [-0.4, -0.2) is 35.9 Å². The number of carbonyl (C=O) groups excluding carboxylic acids is 1. The van der Waals surface area contributed by atoms with Gasteiger partial charge in [-0.05, 0) is 55.6 Å². The van der Waals surface area contributed by atoms with E-state index in [1.807, 2.05) is 11.2 Å². The van der Waals surface area contributed by atoms with Gasteiger partial charge >= 0.3 is 0 Å². The van der Waals surface area contributed by atoms with E-state index in [-0.39, 0.29) is 5.91 Å². The van der Waals surface area contributed by atoms with E-state index in [9.17, 15) is 13.6 Å². The second-order valence-corrected chi connectivity index (χ2v) is 6.43. The largest absolute Gasteiger partial charge is 0.342 e. The fourth-order valence-electron chi connectivity index (χ4n) is 2.81. The Balaban J connectivity index is 1.85. The Labute approximate surface area is 128 Å². The minimum absolute atomic E-state index is 0.208. The number of thioether (sulfide) groups is 1.